The topological polar surface area (TPSA) is 80.2 Å². The van der Waals surface area contributed by atoms with Crippen molar-refractivity contribution in [2.24, 2.45) is 5.10 Å². The second-order valence-corrected chi connectivity index (χ2v) is 7.20. The van der Waals surface area contributed by atoms with Gasteiger partial charge >= 0.3 is 6.03 Å². The summed E-state index contributed by atoms with van der Waals surface area (Å²) >= 11 is 6.29. The average molecular weight is 414 g/mol. The van der Waals surface area contributed by atoms with Crippen LogP contribution in [0.4, 0.5) is 4.79 Å². The van der Waals surface area contributed by atoms with E-state index in [9.17, 15) is 9.59 Å². The van der Waals surface area contributed by atoms with E-state index in [1.165, 1.54) is 6.21 Å². The van der Waals surface area contributed by atoms with Gasteiger partial charge in [-0.3, -0.25) is 4.79 Å². The van der Waals surface area contributed by atoms with E-state index in [4.69, 9.17) is 21.1 Å². The van der Waals surface area contributed by atoms with Crippen LogP contribution in [0.25, 0.3) is 0 Å². The molecule has 2 aliphatic rings. The van der Waals surface area contributed by atoms with E-state index in [0.29, 0.717) is 41.7 Å². The van der Waals surface area contributed by atoms with E-state index >= 15 is 0 Å². The number of amides is 3. The van der Waals surface area contributed by atoms with Gasteiger partial charge in [0, 0.05) is 6.42 Å². The van der Waals surface area contributed by atoms with Crippen LogP contribution >= 0.6 is 11.6 Å². The molecule has 0 aromatic heterocycles. The van der Waals surface area contributed by atoms with Gasteiger partial charge < -0.3 is 14.8 Å². The number of nitrogens with one attached hydrogen (secondary N) is 1. The molecule has 2 heterocycles. The van der Waals surface area contributed by atoms with Crippen molar-refractivity contribution in [3.05, 3.63) is 58.6 Å². The molecule has 2 aromatic rings. The highest BCUT2D eigenvalue weighted by Crippen LogP contribution is 2.38. The van der Waals surface area contributed by atoms with Crippen molar-refractivity contribution in [1.29, 1.82) is 0 Å². The lowest BCUT2D eigenvalue weighted by atomic mass is 9.87. The van der Waals surface area contributed by atoms with Crippen LogP contribution in [0.1, 0.15) is 30.9 Å². The van der Waals surface area contributed by atoms with Crippen LogP contribution in [0.5, 0.6) is 11.5 Å². The minimum absolute atomic E-state index is 0.384. The number of carbonyl (C=O) groups is 2. The third-order valence-electron chi connectivity index (χ3n) is 5.01. The Kier molecular flexibility index (Phi) is 5.15. The van der Waals surface area contributed by atoms with Crippen molar-refractivity contribution in [2.45, 2.75) is 25.3 Å². The minimum Gasteiger partial charge on any atom is -0.489 e. The van der Waals surface area contributed by atoms with Crippen LogP contribution in [-0.2, 0) is 10.3 Å². The number of halogens is 1. The van der Waals surface area contributed by atoms with Crippen molar-refractivity contribution in [3.8, 4) is 11.5 Å². The molecule has 1 N–H and O–H groups in total. The quantitative estimate of drug-likeness (QED) is 0.612. The summed E-state index contributed by atoms with van der Waals surface area (Å²) in [7, 11) is 0. The Morgan fingerprint density at radius 3 is 2.72 bits per heavy atom. The van der Waals surface area contributed by atoms with Crippen molar-refractivity contribution >= 4 is 29.8 Å². The lowest BCUT2D eigenvalue weighted by molar-refractivity contribution is -0.131. The Morgan fingerprint density at radius 2 is 1.97 bits per heavy atom. The van der Waals surface area contributed by atoms with Crippen molar-refractivity contribution in [2.75, 3.05) is 13.2 Å². The Morgan fingerprint density at radius 1 is 1.21 bits per heavy atom. The number of rotatable bonds is 4. The molecule has 0 unspecified atom stereocenters. The third-order valence-corrected chi connectivity index (χ3v) is 5.29. The Hall–Kier alpha value is -3.06. The fourth-order valence-corrected chi connectivity index (χ4v) is 3.75. The van der Waals surface area contributed by atoms with Gasteiger partial charge in [-0.2, -0.15) is 5.10 Å². The summed E-state index contributed by atoms with van der Waals surface area (Å²) in [6.45, 7) is 2.90. The zero-order valence-corrected chi connectivity index (χ0v) is 16.6. The molecule has 2 aromatic carbocycles. The highest BCUT2D eigenvalue weighted by Gasteiger charge is 2.51. The van der Waals surface area contributed by atoms with Crippen LogP contribution < -0.4 is 14.8 Å². The van der Waals surface area contributed by atoms with E-state index in [-0.39, 0.29) is 0 Å². The number of hydrogen-bond donors (Lipinski definition) is 1. The molecular weight excluding hydrogens is 394 g/mol. The third kappa shape index (κ3) is 3.42. The SMILES string of the molecule is CC[C@]1(c2ccccc2)NC(=O)N(/N=C\c2cc(Cl)c3c(c2)OCCCO3)C1=O. The van der Waals surface area contributed by atoms with Gasteiger partial charge in [-0.05, 0) is 29.7 Å². The Labute approximate surface area is 173 Å². The first-order valence-corrected chi connectivity index (χ1v) is 9.78. The number of urea groups is 1. The molecule has 3 amide bonds. The molecule has 150 valence electrons. The van der Waals surface area contributed by atoms with Crippen molar-refractivity contribution < 1.29 is 19.1 Å². The van der Waals surface area contributed by atoms with Crippen molar-refractivity contribution in [1.82, 2.24) is 10.3 Å². The molecule has 0 spiro atoms. The highest BCUT2D eigenvalue weighted by molar-refractivity contribution is 6.32. The summed E-state index contributed by atoms with van der Waals surface area (Å²) in [4.78, 5) is 25.6. The molecule has 0 radical (unpaired) electrons. The Balaban J connectivity index is 1.62. The maximum Gasteiger partial charge on any atom is 0.346 e. The molecular formula is C21H20ClN3O4. The number of ether oxygens (including phenoxy) is 2. The van der Waals surface area contributed by atoms with Gasteiger partial charge in [0.15, 0.2) is 11.5 Å². The number of imide groups is 1. The van der Waals surface area contributed by atoms with E-state index in [1.807, 2.05) is 37.3 Å². The molecule has 8 heteroatoms. The predicted molar refractivity (Wildman–Crippen MR) is 108 cm³/mol. The summed E-state index contributed by atoms with van der Waals surface area (Å²) in [5.74, 6) is 0.583. The van der Waals surface area contributed by atoms with Crippen molar-refractivity contribution in [3.63, 3.8) is 0 Å². The smallest absolute Gasteiger partial charge is 0.346 e. The lowest BCUT2D eigenvalue weighted by Gasteiger charge is -2.24. The molecule has 2 aliphatic heterocycles. The van der Waals surface area contributed by atoms with Crippen LogP contribution in [-0.4, -0.2) is 36.4 Å². The molecule has 0 aliphatic carbocycles. The number of benzene rings is 2. The van der Waals surface area contributed by atoms with Gasteiger partial charge in [0.25, 0.3) is 5.91 Å². The summed E-state index contributed by atoms with van der Waals surface area (Å²) in [5, 5.41) is 8.16. The molecule has 0 bridgehead atoms. The molecule has 1 saturated heterocycles. The van der Waals surface area contributed by atoms with E-state index in [0.717, 1.165) is 17.0 Å². The summed E-state index contributed by atoms with van der Waals surface area (Å²) in [5.41, 5.74) is 0.184. The first kappa shape index (κ1) is 19.3. The number of fused-ring (bicyclic) bond motifs is 1. The molecule has 29 heavy (non-hydrogen) atoms. The van der Waals surface area contributed by atoms with Gasteiger partial charge in [-0.15, -0.1) is 5.01 Å². The number of hydrazone groups is 1. The van der Waals surface area contributed by atoms with Gasteiger partial charge in [0.1, 0.15) is 5.54 Å². The first-order valence-electron chi connectivity index (χ1n) is 9.40. The van der Waals surface area contributed by atoms with Gasteiger partial charge in [-0.25, -0.2) is 4.79 Å². The Bertz CT molecular complexity index is 979. The zero-order chi connectivity index (χ0) is 20.4. The fourth-order valence-electron chi connectivity index (χ4n) is 3.48. The second-order valence-electron chi connectivity index (χ2n) is 6.80. The molecule has 0 saturated carbocycles. The monoisotopic (exact) mass is 413 g/mol. The zero-order valence-electron chi connectivity index (χ0n) is 15.9. The standard InChI is InChI=1S/C21H20ClN3O4/c1-2-21(15-7-4-3-5-8-15)19(26)25(20(27)24-21)23-13-14-11-16(22)18-17(12-14)28-9-6-10-29-18/h3-5,7-8,11-13H,2,6,9-10H2,1H3,(H,24,27)/b23-13-/t21-/m1/s1. The number of carbonyl (C=O) groups excluding carboxylic acids is 2. The van der Waals surface area contributed by atoms with Crippen LogP contribution in [0.2, 0.25) is 5.02 Å². The van der Waals surface area contributed by atoms with E-state index in [1.54, 1.807) is 12.1 Å². The van der Waals surface area contributed by atoms with Crippen LogP contribution in [0, 0.1) is 0 Å². The van der Waals surface area contributed by atoms with Gasteiger partial charge in [0.2, 0.25) is 0 Å². The van der Waals surface area contributed by atoms with E-state index < -0.39 is 17.5 Å². The summed E-state index contributed by atoms with van der Waals surface area (Å²) < 4.78 is 11.3. The second kappa shape index (κ2) is 7.75. The first-order chi connectivity index (χ1) is 14.0. The normalized spacial score (nSPS) is 21.4. The van der Waals surface area contributed by atoms with Crippen LogP contribution in [0.15, 0.2) is 47.6 Å². The highest BCUT2D eigenvalue weighted by atomic mass is 35.5. The van der Waals surface area contributed by atoms with Crippen LogP contribution in [0.3, 0.4) is 0 Å². The molecule has 4 rings (SSSR count). The largest absolute Gasteiger partial charge is 0.489 e. The van der Waals surface area contributed by atoms with E-state index in [2.05, 4.69) is 10.4 Å². The maximum atomic E-state index is 13.1. The molecule has 7 nitrogen and oxygen atoms in total. The lowest BCUT2D eigenvalue weighted by Crippen LogP contribution is -2.43. The molecule has 1 atom stereocenters. The molecule has 1 fully saturated rings. The van der Waals surface area contributed by atoms with Gasteiger partial charge in [0.05, 0.1) is 24.5 Å². The maximum absolute atomic E-state index is 13.1. The number of nitrogens with zero attached hydrogens (tertiary/aromatic N) is 2. The number of hydrogen-bond acceptors (Lipinski definition) is 5. The fraction of sp³-hybridized carbons (Fsp3) is 0.286. The van der Waals surface area contributed by atoms with Gasteiger partial charge in [-0.1, -0.05) is 48.9 Å². The average Bonchev–Trinajstić information content (AvgIpc) is 2.88. The summed E-state index contributed by atoms with van der Waals surface area (Å²) in [6, 6.07) is 12.0. The summed E-state index contributed by atoms with van der Waals surface area (Å²) in [6.07, 6.45) is 2.58. The predicted octanol–water partition coefficient (Wildman–Crippen LogP) is 3.69. The minimum atomic E-state index is -1.13.